The quantitative estimate of drug-likeness (QED) is 0.283. The van der Waals surface area contributed by atoms with Gasteiger partial charge >= 0.3 is 0 Å². The van der Waals surface area contributed by atoms with E-state index in [0.717, 1.165) is 0 Å². The van der Waals surface area contributed by atoms with Crippen LogP contribution in [0.3, 0.4) is 0 Å². The third kappa shape index (κ3) is 2.22. The van der Waals surface area contributed by atoms with Crippen molar-refractivity contribution in [2.45, 2.75) is 6.29 Å². The minimum atomic E-state index is -1.13. The van der Waals surface area contributed by atoms with E-state index in [1.54, 1.807) is 0 Å². The minimum absolute atomic E-state index is 0.252. The van der Waals surface area contributed by atoms with Crippen molar-refractivity contribution < 1.29 is 9.94 Å². The largest absolute Gasteiger partial charge is 0.365 e. The number of hydrogen-bond donors (Lipinski definition) is 2. The van der Waals surface area contributed by atoms with E-state index in [1.165, 1.54) is 0 Å². The van der Waals surface area contributed by atoms with Crippen LogP contribution in [0.5, 0.6) is 0 Å². The standard InChI is InChI=1S/C4H8NO2/c1-3(2)4(6)7-5/h4,6H,1-2,5H2/q-1. The van der Waals surface area contributed by atoms with E-state index in [9.17, 15) is 0 Å². The number of nitrogens with two attached hydrogens (primary N) is 1. The Morgan fingerprint density at radius 2 is 2.43 bits per heavy atom. The van der Waals surface area contributed by atoms with Gasteiger partial charge in [-0.3, -0.25) is 4.84 Å². The van der Waals surface area contributed by atoms with Crippen LogP contribution in [0.4, 0.5) is 0 Å². The minimum Gasteiger partial charge on any atom is -0.365 e. The maximum Gasteiger partial charge on any atom is 0.166 e. The van der Waals surface area contributed by atoms with Gasteiger partial charge in [-0.05, 0) is 0 Å². The predicted octanol–water partition coefficient (Wildman–Crippen LogP) is -0.415. The second-order valence-electron chi connectivity index (χ2n) is 1.15. The fraction of sp³-hybridized carbons (Fsp3) is 0.250. The highest BCUT2D eigenvalue weighted by Gasteiger charge is 1.92. The lowest BCUT2D eigenvalue weighted by atomic mass is 10.3. The molecular formula is C4H8NO2-. The smallest absolute Gasteiger partial charge is 0.166 e. The molecule has 0 rings (SSSR count). The molecule has 7 heavy (non-hydrogen) atoms. The zero-order valence-corrected chi connectivity index (χ0v) is 3.92. The van der Waals surface area contributed by atoms with E-state index in [-0.39, 0.29) is 5.57 Å². The molecule has 0 saturated heterocycles. The molecule has 0 aromatic heterocycles. The van der Waals surface area contributed by atoms with E-state index in [4.69, 9.17) is 5.11 Å². The first kappa shape index (κ1) is 6.49. The average molecular weight is 102 g/mol. The van der Waals surface area contributed by atoms with E-state index < -0.39 is 6.29 Å². The third-order valence-corrected chi connectivity index (χ3v) is 0.478. The van der Waals surface area contributed by atoms with E-state index >= 15 is 0 Å². The van der Waals surface area contributed by atoms with Crippen molar-refractivity contribution in [1.29, 1.82) is 0 Å². The molecular weight excluding hydrogens is 94.0 g/mol. The molecule has 0 heterocycles. The fourth-order valence-electron chi connectivity index (χ4n) is 0.0962. The second-order valence-corrected chi connectivity index (χ2v) is 1.15. The van der Waals surface area contributed by atoms with Crippen LogP contribution in [-0.4, -0.2) is 11.4 Å². The van der Waals surface area contributed by atoms with Gasteiger partial charge in [-0.1, -0.05) is 0 Å². The molecule has 0 amide bonds. The zero-order chi connectivity index (χ0) is 5.86. The Hall–Kier alpha value is -0.510. The molecule has 3 heteroatoms. The van der Waals surface area contributed by atoms with Crippen LogP contribution in [-0.2, 0) is 4.84 Å². The maximum atomic E-state index is 8.43. The van der Waals surface area contributed by atoms with Gasteiger partial charge in [0.15, 0.2) is 6.29 Å². The second kappa shape index (κ2) is 2.63. The fourth-order valence-corrected chi connectivity index (χ4v) is 0.0962. The molecule has 42 valence electrons. The lowest BCUT2D eigenvalue weighted by Gasteiger charge is -2.09. The molecule has 1 atom stereocenters. The first-order chi connectivity index (χ1) is 3.18. The number of aliphatic hydroxyl groups excluding tert-OH is 1. The molecule has 0 aliphatic rings. The van der Waals surface area contributed by atoms with Gasteiger partial charge in [-0.2, -0.15) is 5.57 Å². The summed E-state index contributed by atoms with van der Waals surface area (Å²) in [7, 11) is 0. The molecule has 0 fully saturated rings. The summed E-state index contributed by atoms with van der Waals surface area (Å²) in [5.41, 5.74) is 0.252. The summed E-state index contributed by atoms with van der Waals surface area (Å²) in [6.45, 7) is 6.52. The molecule has 1 unspecified atom stereocenters. The highest BCUT2D eigenvalue weighted by Crippen LogP contribution is 1.92. The van der Waals surface area contributed by atoms with Gasteiger partial charge in [-0.25, -0.2) is 19.4 Å². The van der Waals surface area contributed by atoms with Crippen molar-refractivity contribution >= 4 is 0 Å². The molecule has 0 aromatic rings. The third-order valence-electron chi connectivity index (χ3n) is 0.478. The van der Waals surface area contributed by atoms with Crippen molar-refractivity contribution in [1.82, 2.24) is 0 Å². The molecule has 0 bridgehead atoms. The van der Waals surface area contributed by atoms with Gasteiger partial charge in [-0.15, -0.1) is 0 Å². The Balaban J connectivity index is 3.34. The summed E-state index contributed by atoms with van der Waals surface area (Å²) in [5.74, 6) is 4.52. The van der Waals surface area contributed by atoms with Crippen molar-refractivity contribution in [3.05, 3.63) is 19.1 Å². The van der Waals surface area contributed by atoms with Crippen LogP contribution in [0, 0.1) is 6.92 Å². The summed E-state index contributed by atoms with van der Waals surface area (Å²) >= 11 is 0. The van der Waals surface area contributed by atoms with Crippen LogP contribution >= 0.6 is 0 Å². The molecule has 0 radical (unpaired) electrons. The summed E-state index contributed by atoms with van der Waals surface area (Å²) in [6, 6.07) is 0. The Labute approximate surface area is 42.3 Å². The zero-order valence-electron chi connectivity index (χ0n) is 3.92. The van der Waals surface area contributed by atoms with Crippen LogP contribution in [0.15, 0.2) is 12.2 Å². The normalized spacial score (nSPS) is 13.4. The molecule has 0 spiro atoms. The Kier molecular flexibility index (Phi) is 2.44. The molecule has 0 aliphatic carbocycles. The highest BCUT2D eigenvalue weighted by atomic mass is 16.7. The summed E-state index contributed by atoms with van der Waals surface area (Å²) in [4.78, 5) is 3.91. The van der Waals surface area contributed by atoms with Crippen LogP contribution in [0.2, 0.25) is 0 Å². The monoisotopic (exact) mass is 102 g/mol. The Bertz CT molecular complexity index is 72.1. The van der Waals surface area contributed by atoms with Crippen molar-refractivity contribution in [2.75, 3.05) is 0 Å². The SMILES string of the molecule is C=C([CH2-])C(O)ON. The number of rotatable bonds is 2. The lowest BCUT2D eigenvalue weighted by Crippen LogP contribution is -2.16. The molecule has 0 saturated carbocycles. The summed E-state index contributed by atoms with van der Waals surface area (Å²) in [6.07, 6.45) is -1.13. The van der Waals surface area contributed by atoms with Gasteiger partial charge in [0.05, 0.1) is 0 Å². The highest BCUT2D eigenvalue weighted by molar-refractivity contribution is 5.00. The number of aliphatic hydroxyl groups is 1. The van der Waals surface area contributed by atoms with Gasteiger partial charge in [0.25, 0.3) is 0 Å². The first-order valence-electron chi connectivity index (χ1n) is 1.73. The summed E-state index contributed by atoms with van der Waals surface area (Å²) < 4.78 is 0. The predicted molar refractivity (Wildman–Crippen MR) is 25.8 cm³/mol. The Morgan fingerprint density at radius 1 is 2.00 bits per heavy atom. The molecule has 3 N–H and O–H groups in total. The molecule has 0 aromatic carbocycles. The molecule has 0 aliphatic heterocycles. The van der Waals surface area contributed by atoms with E-state index in [2.05, 4.69) is 24.2 Å². The lowest BCUT2D eigenvalue weighted by molar-refractivity contribution is -0.0720. The maximum absolute atomic E-state index is 8.43. The molecule has 3 nitrogen and oxygen atoms in total. The van der Waals surface area contributed by atoms with Crippen LogP contribution < -0.4 is 5.90 Å². The van der Waals surface area contributed by atoms with Crippen LogP contribution in [0.25, 0.3) is 0 Å². The van der Waals surface area contributed by atoms with Crippen molar-refractivity contribution in [2.24, 2.45) is 5.90 Å². The Morgan fingerprint density at radius 3 is 2.43 bits per heavy atom. The van der Waals surface area contributed by atoms with Gasteiger partial charge in [0.2, 0.25) is 0 Å². The van der Waals surface area contributed by atoms with Crippen molar-refractivity contribution in [3.63, 3.8) is 0 Å². The first-order valence-corrected chi connectivity index (χ1v) is 1.73. The van der Waals surface area contributed by atoms with Gasteiger partial charge in [0.1, 0.15) is 0 Å². The van der Waals surface area contributed by atoms with E-state index in [0.29, 0.717) is 0 Å². The number of hydrogen-bond acceptors (Lipinski definition) is 3. The average Bonchev–Trinajstić information content (AvgIpc) is 1.65. The topological polar surface area (TPSA) is 55.5 Å². The van der Waals surface area contributed by atoms with E-state index in [1.807, 2.05) is 0 Å². The summed E-state index contributed by atoms with van der Waals surface area (Å²) in [5, 5.41) is 8.43. The van der Waals surface area contributed by atoms with Crippen LogP contribution in [0.1, 0.15) is 0 Å². The van der Waals surface area contributed by atoms with Gasteiger partial charge in [0, 0.05) is 0 Å². The van der Waals surface area contributed by atoms with Gasteiger partial charge < -0.3 is 5.11 Å². The van der Waals surface area contributed by atoms with Crippen molar-refractivity contribution in [3.8, 4) is 0 Å².